The first kappa shape index (κ1) is 18.7. The van der Waals surface area contributed by atoms with E-state index in [9.17, 15) is 14.9 Å². The number of nitrogens with zero attached hydrogens (tertiary/aromatic N) is 2. The number of aromatic nitrogens is 1. The van der Waals surface area contributed by atoms with E-state index >= 15 is 0 Å². The fourth-order valence-corrected chi connectivity index (χ4v) is 3.22. The van der Waals surface area contributed by atoms with Gasteiger partial charge in [0, 0.05) is 17.1 Å². The molecular weight excluding hydrogens is 348 g/mol. The second kappa shape index (κ2) is 7.24. The number of benzene rings is 2. The summed E-state index contributed by atoms with van der Waals surface area (Å²) in [4.78, 5) is 29.3. The largest absolute Gasteiger partial charge is 0.497 e. The second-order valence-corrected chi connectivity index (χ2v) is 6.54. The molecule has 0 bridgehead atoms. The number of nitro benzene ring substituents is 1. The Labute approximate surface area is 155 Å². The Morgan fingerprint density at radius 3 is 2.63 bits per heavy atom. The molecule has 0 fully saturated rings. The minimum absolute atomic E-state index is 0.0185. The van der Waals surface area contributed by atoms with E-state index in [4.69, 9.17) is 4.74 Å². The third-order valence-corrected chi connectivity index (χ3v) is 4.67. The number of anilines is 1. The summed E-state index contributed by atoms with van der Waals surface area (Å²) in [6.45, 7) is 2.02. The molecule has 8 heteroatoms. The van der Waals surface area contributed by atoms with Crippen LogP contribution in [0.2, 0.25) is 0 Å². The van der Waals surface area contributed by atoms with E-state index in [1.54, 1.807) is 24.3 Å². The van der Waals surface area contributed by atoms with Gasteiger partial charge >= 0.3 is 0 Å². The molecular formula is C19H22N4O4. The number of methoxy groups -OCH3 is 1. The number of non-ortho nitro benzene ring substituents is 1. The molecule has 0 spiro atoms. The van der Waals surface area contributed by atoms with Crippen molar-refractivity contribution in [2.24, 2.45) is 0 Å². The highest BCUT2D eigenvalue weighted by Gasteiger charge is 2.21. The van der Waals surface area contributed by atoms with Crippen LogP contribution in [0.1, 0.15) is 13.3 Å². The maximum atomic E-state index is 13.2. The summed E-state index contributed by atoms with van der Waals surface area (Å²) in [5.41, 5.74) is 0.873. The molecule has 1 atom stereocenters. The van der Waals surface area contributed by atoms with Crippen LogP contribution >= 0.6 is 0 Å². The van der Waals surface area contributed by atoms with Gasteiger partial charge in [-0.2, -0.15) is 0 Å². The number of pyridine rings is 1. The Morgan fingerprint density at radius 1 is 1.30 bits per heavy atom. The number of fused-ring (bicyclic) bond motifs is 2. The summed E-state index contributed by atoms with van der Waals surface area (Å²) in [6, 6.07) is 8.04. The maximum absolute atomic E-state index is 13.2. The van der Waals surface area contributed by atoms with Crippen LogP contribution < -0.4 is 15.5 Å². The van der Waals surface area contributed by atoms with E-state index < -0.39 is 4.92 Å². The molecule has 2 aromatic carbocycles. The van der Waals surface area contributed by atoms with E-state index in [1.165, 1.54) is 13.2 Å². The lowest BCUT2D eigenvalue weighted by atomic mass is 10.1. The minimum atomic E-state index is -0.485. The van der Waals surface area contributed by atoms with E-state index in [0.29, 0.717) is 22.3 Å². The van der Waals surface area contributed by atoms with Crippen LogP contribution in [0, 0.1) is 10.1 Å². The average molecular weight is 370 g/mol. The first-order valence-corrected chi connectivity index (χ1v) is 8.61. The summed E-state index contributed by atoms with van der Waals surface area (Å²) in [6.07, 6.45) is 0.778. The van der Waals surface area contributed by atoms with Gasteiger partial charge in [0.05, 0.1) is 29.1 Å². The third-order valence-electron chi connectivity index (χ3n) is 4.67. The number of nitrogens with one attached hydrogen (secondary N) is 2. The molecule has 1 aromatic heterocycles. The number of H-pyrrole nitrogens is 1. The van der Waals surface area contributed by atoms with Gasteiger partial charge in [0.1, 0.15) is 11.3 Å². The molecule has 1 heterocycles. The lowest BCUT2D eigenvalue weighted by molar-refractivity contribution is -0.383. The average Bonchev–Trinajstić information content (AvgIpc) is 2.65. The van der Waals surface area contributed by atoms with Gasteiger partial charge in [0.15, 0.2) is 5.43 Å². The highest BCUT2D eigenvalue weighted by atomic mass is 16.6. The molecule has 0 saturated carbocycles. The highest BCUT2D eigenvalue weighted by Crippen LogP contribution is 2.31. The van der Waals surface area contributed by atoms with E-state index in [-0.39, 0.29) is 28.2 Å². The van der Waals surface area contributed by atoms with Crippen LogP contribution in [0.3, 0.4) is 0 Å². The summed E-state index contributed by atoms with van der Waals surface area (Å²) in [5.74, 6) is 0.548. The van der Waals surface area contributed by atoms with E-state index in [2.05, 4.69) is 10.3 Å². The number of hydrogen-bond donors (Lipinski definition) is 2. The number of hydrogen-bond acceptors (Lipinski definition) is 6. The Hall–Kier alpha value is -3.13. The number of nitro groups is 1. The fraction of sp³-hybridized carbons (Fsp3) is 0.316. The van der Waals surface area contributed by atoms with E-state index in [0.717, 1.165) is 6.42 Å². The summed E-state index contributed by atoms with van der Waals surface area (Å²) in [7, 11) is 5.38. The molecule has 27 heavy (non-hydrogen) atoms. The van der Waals surface area contributed by atoms with Gasteiger partial charge in [0.25, 0.3) is 5.69 Å². The van der Waals surface area contributed by atoms with Crippen molar-refractivity contribution in [1.82, 2.24) is 9.88 Å². The molecule has 1 unspecified atom stereocenters. The maximum Gasteiger partial charge on any atom is 0.293 e. The molecule has 0 aliphatic carbocycles. The molecule has 3 rings (SSSR count). The van der Waals surface area contributed by atoms with Gasteiger partial charge in [-0.3, -0.25) is 19.8 Å². The summed E-state index contributed by atoms with van der Waals surface area (Å²) in [5, 5.41) is 15.5. The molecule has 0 radical (unpaired) electrons. The topological polar surface area (TPSA) is 101 Å². The summed E-state index contributed by atoms with van der Waals surface area (Å²) >= 11 is 0. The predicted octanol–water partition coefficient (Wildman–Crippen LogP) is 3.31. The Balaban J connectivity index is 2.37. The predicted molar refractivity (Wildman–Crippen MR) is 107 cm³/mol. The molecule has 0 aliphatic heterocycles. The standard InChI is InChI=1S/C19H22N4O4/c1-5-16(22(2)3)20-14-8-9-15(23(25)26)18-17(14)19(24)12-10-11(27-4)6-7-13(12)21-18/h6-10,16,20H,5H2,1-4H3,(H,21,24). The van der Waals surface area contributed by atoms with Gasteiger partial charge in [-0.15, -0.1) is 0 Å². The molecule has 3 aromatic rings. The van der Waals surface area contributed by atoms with Gasteiger partial charge in [-0.25, -0.2) is 0 Å². The normalized spacial score (nSPS) is 12.5. The number of aromatic amines is 1. The minimum Gasteiger partial charge on any atom is -0.497 e. The van der Waals surface area contributed by atoms with Crippen LogP contribution in [0.4, 0.5) is 11.4 Å². The number of ether oxygens (including phenoxy) is 1. The van der Waals surface area contributed by atoms with Crippen molar-refractivity contribution in [1.29, 1.82) is 0 Å². The van der Waals surface area contributed by atoms with Crippen molar-refractivity contribution in [2.75, 3.05) is 26.5 Å². The van der Waals surface area contributed by atoms with Gasteiger partial charge in [-0.1, -0.05) is 6.92 Å². The van der Waals surface area contributed by atoms with Crippen molar-refractivity contribution in [3.63, 3.8) is 0 Å². The van der Waals surface area contributed by atoms with Crippen molar-refractivity contribution in [3.8, 4) is 5.75 Å². The second-order valence-electron chi connectivity index (χ2n) is 6.54. The Morgan fingerprint density at radius 2 is 2.04 bits per heavy atom. The van der Waals surface area contributed by atoms with E-state index in [1.807, 2.05) is 25.9 Å². The first-order chi connectivity index (χ1) is 12.9. The molecule has 0 saturated heterocycles. The lowest BCUT2D eigenvalue weighted by Crippen LogP contribution is -2.34. The van der Waals surface area contributed by atoms with Crippen molar-refractivity contribution < 1.29 is 9.66 Å². The van der Waals surface area contributed by atoms with Crippen molar-refractivity contribution >= 4 is 33.2 Å². The lowest BCUT2D eigenvalue weighted by Gasteiger charge is -2.25. The zero-order chi connectivity index (χ0) is 19.7. The van der Waals surface area contributed by atoms with Gasteiger partial charge < -0.3 is 15.0 Å². The fourth-order valence-electron chi connectivity index (χ4n) is 3.22. The van der Waals surface area contributed by atoms with Crippen molar-refractivity contribution in [3.05, 3.63) is 50.7 Å². The SMILES string of the molecule is CCC(Nc1ccc([N+](=O)[O-])c2[nH]c3ccc(OC)cc3c(=O)c12)N(C)C. The first-order valence-electron chi connectivity index (χ1n) is 8.61. The third kappa shape index (κ3) is 3.31. The zero-order valence-corrected chi connectivity index (χ0v) is 15.7. The molecule has 0 aliphatic rings. The molecule has 142 valence electrons. The molecule has 0 amide bonds. The smallest absolute Gasteiger partial charge is 0.293 e. The van der Waals surface area contributed by atoms with Gasteiger partial charge in [-0.05, 0) is 44.8 Å². The van der Waals surface area contributed by atoms with Crippen molar-refractivity contribution in [2.45, 2.75) is 19.5 Å². The number of rotatable bonds is 6. The van der Waals surface area contributed by atoms with Crippen LogP contribution in [-0.4, -0.2) is 42.2 Å². The van der Waals surface area contributed by atoms with Crippen LogP contribution in [0.25, 0.3) is 21.8 Å². The zero-order valence-electron chi connectivity index (χ0n) is 15.7. The Bertz CT molecular complexity index is 1070. The highest BCUT2D eigenvalue weighted by molar-refractivity contribution is 6.03. The van der Waals surface area contributed by atoms with Crippen LogP contribution in [-0.2, 0) is 0 Å². The quantitative estimate of drug-likeness (QED) is 0.299. The summed E-state index contributed by atoms with van der Waals surface area (Å²) < 4.78 is 5.21. The van der Waals surface area contributed by atoms with Crippen LogP contribution in [0.15, 0.2) is 35.1 Å². The molecule has 2 N–H and O–H groups in total. The van der Waals surface area contributed by atoms with Crippen LogP contribution in [0.5, 0.6) is 5.75 Å². The monoisotopic (exact) mass is 370 g/mol. The van der Waals surface area contributed by atoms with Gasteiger partial charge in [0.2, 0.25) is 0 Å². The molecule has 8 nitrogen and oxygen atoms in total. The Kier molecular flexibility index (Phi) is 5.00.